The SMILES string of the molecule is COCCNC(=O)c1c(-n2cccc2)sc2c1CCC2. The molecule has 0 fully saturated rings. The third-order valence-corrected chi connectivity index (χ3v) is 4.87. The predicted molar refractivity (Wildman–Crippen MR) is 79.9 cm³/mol. The van der Waals surface area contributed by atoms with Gasteiger partial charge in [0.2, 0.25) is 0 Å². The molecule has 1 N–H and O–H groups in total. The molecule has 1 aliphatic carbocycles. The minimum absolute atomic E-state index is 0.0187. The summed E-state index contributed by atoms with van der Waals surface area (Å²) in [5.74, 6) is 0.0187. The Kier molecular flexibility index (Phi) is 3.89. The number of ether oxygens (including phenoxy) is 1. The number of carbonyl (C=O) groups excluding carboxylic acids is 1. The molecule has 0 saturated carbocycles. The number of nitrogens with zero attached hydrogens (tertiary/aromatic N) is 1. The summed E-state index contributed by atoms with van der Waals surface area (Å²) in [7, 11) is 1.64. The number of aryl methyl sites for hydroxylation is 1. The maximum Gasteiger partial charge on any atom is 0.254 e. The lowest BCUT2D eigenvalue weighted by molar-refractivity contribution is 0.0936. The van der Waals surface area contributed by atoms with Gasteiger partial charge in [0.15, 0.2) is 0 Å². The normalized spacial score (nSPS) is 13.4. The van der Waals surface area contributed by atoms with E-state index in [0.717, 1.165) is 29.8 Å². The molecule has 0 spiro atoms. The van der Waals surface area contributed by atoms with Gasteiger partial charge in [0.25, 0.3) is 5.91 Å². The molecule has 3 rings (SSSR count). The van der Waals surface area contributed by atoms with E-state index in [1.54, 1.807) is 18.4 Å². The van der Waals surface area contributed by atoms with E-state index in [9.17, 15) is 4.79 Å². The van der Waals surface area contributed by atoms with Gasteiger partial charge in [0.1, 0.15) is 5.00 Å². The van der Waals surface area contributed by atoms with Gasteiger partial charge in [-0.1, -0.05) is 0 Å². The van der Waals surface area contributed by atoms with Gasteiger partial charge in [0.05, 0.1) is 12.2 Å². The van der Waals surface area contributed by atoms with Crippen LogP contribution in [0.4, 0.5) is 0 Å². The van der Waals surface area contributed by atoms with Crippen LogP contribution < -0.4 is 5.32 Å². The highest BCUT2D eigenvalue weighted by Crippen LogP contribution is 2.37. The summed E-state index contributed by atoms with van der Waals surface area (Å²) >= 11 is 1.74. The van der Waals surface area contributed by atoms with Gasteiger partial charge < -0.3 is 14.6 Å². The minimum atomic E-state index is 0.0187. The fourth-order valence-electron chi connectivity index (χ4n) is 2.63. The van der Waals surface area contributed by atoms with Crippen molar-refractivity contribution in [3.05, 3.63) is 40.5 Å². The van der Waals surface area contributed by atoms with Gasteiger partial charge in [0, 0.05) is 30.9 Å². The fourth-order valence-corrected chi connectivity index (χ4v) is 3.98. The maximum absolute atomic E-state index is 12.5. The molecule has 0 radical (unpaired) electrons. The first kappa shape index (κ1) is 13.4. The second-order valence-electron chi connectivity index (χ2n) is 4.88. The van der Waals surface area contributed by atoms with Gasteiger partial charge >= 0.3 is 0 Å². The van der Waals surface area contributed by atoms with Crippen molar-refractivity contribution in [3.63, 3.8) is 0 Å². The summed E-state index contributed by atoms with van der Waals surface area (Å²) in [6.07, 6.45) is 7.26. The van der Waals surface area contributed by atoms with Crippen molar-refractivity contribution < 1.29 is 9.53 Å². The van der Waals surface area contributed by atoms with Crippen LogP contribution in [-0.4, -0.2) is 30.7 Å². The van der Waals surface area contributed by atoms with E-state index in [0.29, 0.717) is 13.2 Å². The topological polar surface area (TPSA) is 43.3 Å². The summed E-state index contributed by atoms with van der Waals surface area (Å²) in [5.41, 5.74) is 2.10. The quantitative estimate of drug-likeness (QED) is 0.859. The smallest absolute Gasteiger partial charge is 0.254 e. The van der Waals surface area contributed by atoms with Crippen LogP contribution in [0.1, 0.15) is 27.2 Å². The van der Waals surface area contributed by atoms with Crippen molar-refractivity contribution in [1.29, 1.82) is 0 Å². The molecule has 106 valence electrons. The maximum atomic E-state index is 12.5. The molecule has 1 aliphatic rings. The Morgan fingerprint density at radius 1 is 1.40 bits per heavy atom. The number of amides is 1. The van der Waals surface area contributed by atoms with Crippen LogP contribution in [0.2, 0.25) is 0 Å². The highest BCUT2D eigenvalue weighted by Gasteiger charge is 2.26. The van der Waals surface area contributed by atoms with Crippen molar-refractivity contribution in [3.8, 4) is 5.00 Å². The number of hydrogen-bond acceptors (Lipinski definition) is 3. The lowest BCUT2D eigenvalue weighted by Crippen LogP contribution is -2.28. The number of aromatic nitrogens is 1. The van der Waals surface area contributed by atoms with Crippen molar-refractivity contribution >= 4 is 17.2 Å². The number of carbonyl (C=O) groups is 1. The van der Waals surface area contributed by atoms with E-state index in [4.69, 9.17) is 4.74 Å². The highest BCUT2D eigenvalue weighted by molar-refractivity contribution is 7.15. The van der Waals surface area contributed by atoms with E-state index >= 15 is 0 Å². The molecule has 0 aromatic carbocycles. The molecule has 5 heteroatoms. The van der Waals surface area contributed by atoms with Crippen LogP contribution in [-0.2, 0) is 17.6 Å². The Bertz CT molecular complexity index is 602. The molecule has 0 atom stereocenters. The molecule has 0 bridgehead atoms. The standard InChI is InChI=1S/C15H18N2O2S/c1-19-10-7-16-14(18)13-11-5-4-6-12(11)20-15(13)17-8-2-3-9-17/h2-3,8-9H,4-7,10H2,1H3,(H,16,18). The summed E-state index contributed by atoms with van der Waals surface area (Å²) in [6, 6.07) is 3.97. The van der Waals surface area contributed by atoms with Crippen LogP contribution in [0, 0.1) is 0 Å². The zero-order chi connectivity index (χ0) is 13.9. The van der Waals surface area contributed by atoms with E-state index in [1.165, 1.54) is 10.4 Å². The van der Waals surface area contributed by atoms with Crippen LogP contribution in [0.25, 0.3) is 5.00 Å². The Morgan fingerprint density at radius 3 is 2.95 bits per heavy atom. The van der Waals surface area contributed by atoms with Crippen LogP contribution in [0.3, 0.4) is 0 Å². The third kappa shape index (κ3) is 2.39. The number of thiophene rings is 1. The highest BCUT2D eigenvalue weighted by atomic mass is 32.1. The van der Waals surface area contributed by atoms with Gasteiger partial charge in [-0.2, -0.15) is 0 Å². The lowest BCUT2D eigenvalue weighted by Gasteiger charge is -2.08. The molecule has 0 unspecified atom stereocenters. The summed E-state index contributed by atoms with van der Waals surface area (Å²) in [6.45, 7) is 1.09. The van der Waals surface area contributed by atoms with Crippen molar-refractivity contribution in [1.82, 2.24) is 9.88 Å². The number of nitrogens with one attached hydrogen (secondary N) is 1. The van der Waals surface area contributed by atoms with Crippen LogP contribution >= 0.6 is 11.3 Å². The Morgan fingerprint density at radius 2 is 2.20 bits per heavy atom. The Labute approximate surface area is 122 Å². The van der Waals surface area contributed by atoms with E-state index in [-0.39, 0.29) is 5.91 Å². The average molecular weight is 290 g/mol. The molecule has 0 saturated heterocycles. The first-order chi connectivity index (χ1) is 9.81. The minimum Gasteiger partial charge on any atom is -0.383 e. The number of methoxy groups -OCH3 is 1. The molecule has 4 nitrogen and oxygen atoms in total. The monoisotopic (exact) mass is 290 g/mol. The van der Waals surface area contributed by atoms with Gasteiger partial charge in [-0.3, -0.25) is 4.79 Å². The zero-order valence-electron chi connectivity index (χ0n) is 11.5. The summed E-state index contributed by atoms with van der Waals surface area (Å²) in [5, 5.41) is 3.98. The van der Waals surface area contributed by atoms with Crippen LogP contribution in [0.15, 0.2) is 24.5 Å². The molecule has 0 aliphatic heterocycles. The molecule has 1 amide bonds. The van der Waals surface area contributed by atoms with Gasteiger partial charge in [-0.25, -0.2) is 0 Å². The number of hydrogen-bond donors (Lipinski definition) is 1. The Hall–Kier alpha value is -1.59. The van der Waals surface area contributed by atoms with Crippen molar-refractivity contribution in [2.24, 2.45) is 0 Å². The first-order valence-electron chi connectivity index (χ1n) is 6.86. The average Bonchev–Trinajstić information content (AvgIpc) is 3.14. The summed E-state index contributed by atoms with van der Waals surface area (Å²) < 4.78 is 7.02. The molecule has 2 aromatic rings. The van der Waals surface area contributed by atoms with Crippen molar-refractivity contribution in [2.45, 2.75) is 19.3 Å². The zero-order valence-corrected chi connectivity index (χ0v) is 12.3. The molecule has 2 heterocycles. The molecule has 2 aromatic heterocycles. The number of fused-ring (bicyclic) bond motifs is 1. The predicted octanol–water partition coefficient (Wildman–Crippen LogP) is 2.40. The van der Waals surface area contributed by atoms with Gasteiger partial charge in [-0.15, -0.1) is 11.3 Å². The van der Waals surface area contributed by atoms with E-state index in [2.05, 4.69) is 5.32 Å². The van der Waals surface area contributed by atoms with E-state index < -0.39 is 0 Å². The summed E-state index contributed by atoms with van der Waals surface area (Å²) in [4.78, 5) is 13.8. The Balaban J connectivity index is 1.93. The fraction of sp³-hybridized carbons (Fsp3) is 0.400. The van der Waals surface area contributed by atoms with Crippen molar-refractivity contribution in [2.75, 3.05) is 20.3 Å². The lowest BCUT2D eigenvalue weighted by atomic mass is 10.1. The van der Waals surface area contributed by atoms with Gasteiger partial charge in [-0.05, 0) is 37.0 Å². The largest absolute Gasteiger partial charge is 0.383 e. The first-order valence-corrected chi connectivity index (χ1v) is 7.68. The molecular formula is C15H18N2O2S. The second kappa shape index (κ2) is 5.81. The van der Waals surface area contributed by atoms with E-state index in [1.807, 2.05) is 29.1 Å². The molecule has 20 heavy (non-hydrogen) atoms. The second-order valence-corrected chi connectivity index (χ2v) is 5.96. The third-order valence-electron chi connectivity index (χ3n) is 3.56. The molecular weight excluding hydrogens is 272 g/mol. The van der Waals surface area contributed by atoms with Crippen LogP contribution in [0.5, 0.6) is 0 Å². The number of rotatable bonds is 5.